The van der Waals surface area contributed by atoms with E-state index in [1.54, 1.807) is 41.7 Å². The van der Waals surface area contributed by atoms with Crippen LogP contribution in [0.2, 0.25) is 0 Å². The van der Waals surface area contributed by atoms with Gasteiger partial charge in [-0.05, 0) is 172 Å². The number of hydrogen-bond acceptors (Lipinski definition) is 7. The van der Waals surface area contributed by atoms with Crippen LogP contribution < -0.4 is 62.3 Å². The molecule has 0 saturated heterocycles. The summed E-state index contributed by atoms with van der Waals surface area (Å²) in [5, 5.41) is 43.1. The SMILES string of the molecule is Brc1cccc(-c2ccccc2)c1-c1ccc2sc3ccccc3c2c1.Brc1cccc(Br)c1-c1ccc2sc3ccccc3c2c1.Brc1cccc(Br)c1I.OB(O)c1ccc2sc3ccccc3c2c1.OB(O)c1ccccc1.[H-].[K+]. The normalized spacial score (nSPS) is 10.7. The van der Waals surface area contributed by atoms with Crippen molar-refractivity contribution in [1.82, 2.24) is 0 Å². The summed E-state index contributed by atoms with van der Waals surface area (Å²) in [6.07, 6.45) is 0. The summed E-state index contributed by atoms with van der Waals surface area (Å²) in [4.78, 5) is 0. The van der Waals surface area contributed by atoms with E-state index in [-0.39, 0.29) is 52.8 Å². The molecule has 0 aliphatic rings. The van der Waals surface area contributed by atoms with Crippen LogP contribution in [-0.4, -0.2) is 34.3 Å². The van der Waals surface area contributed by atoms with Crippen LogP contribution in [0.15, 0.2) is 265 Å². The van der Waals surface area contributed by atoms with Gasteiger partial charge in [-0.25, -0.2) is 0 Å². The van der Waals surface area contributed by atoms with Crippen molar-refractivity contribution in [2.24, 2.45) is 0 Å². The molecular weight excluding hydrogens is 1540 g/mol. The zero-order chi connectivity index (χ0) is 56.6. The van der Waals surface area contributed by atoms with Crippen molar-refractivity contribution >= 4 is 222 Å². The molecule has 0 spiro atoms. The number of halogens is 6. The van der Waals surface area contributed by atoms with E-state index in [0.29, 0.717) is 10.9 Å². The van der Waals surface area contributed by atoms with Crippen LogP contribution in [-0.2, 0) is 0 Å². The van der Waals surface area contributed by atoms with E-state index in [9.17, 15) is 0 Å². The van der Waals surface area contributed by atoms with E-state index >= 15 is 0 Å². The number of thiophene rings is 3. The second-order valence-corrected chi connectivity index (χ2v) is 26.9. The maximum absolute atomic E-state index is 9.15. The Hall–Kier alpha value is -3.18. The summed E-state index contributed by atoms with van der Waals surface area (Å²) >= 11 is 25.6. The maximum atomic E-state index is 9.15. The monoisotopic (exact) mass is 1580 g/mol. The molecule has 3 heterocycles. The van der Waals surface area contributed by atoms with Crippen molar-refractivity contribution in [3.8, 4) is 33.4 Å². The van der Waals surface area contributed by atoms with E-state index in [0.717, 1.165) is 27.7 Å². The molecule has 400 valence electrons. The zero-order valence-electron chi connectivity index (χ0n) is 44.5. The summed E-state index contributed by atoms with van der Waals surface area (Å²) in [6, 6.07) is 82.4. The molecule has 0 bridgehead atoms. The van der Waals surface area contributed by atoms with Gasteiger partial charge in [0, 0.05) is 92.2 Å². The first kappa shape index (κ1) is 63.3. The molecule has 0 atom stereocenters. The first-order valence-corrected chi connectivity index (χ1v) is 32.7. The van der Waals surface area contributed by atoms with Gasteiger partial charge in [0.05, 0.1) is 0 Å². The van der Waals surface area contributed by atoms with Gasteiger partial charge >= 0.3 is 65.6 Å². The standard InChI is InChI=1S/C24H15BrS.C18H10Br2S.C12H9BO2S.C6H7BO2.C6H3Br2I.K.H/c25-21-11-6-10-18(16-7-2-1-3-8-16)24(21)17-13-14-23-20(15-17)19-9-4-5-12-22(19)26-23;19-14-5-3-6-15(20)18(14)11-8-9-17-13(10-11)12-4-1-2-7-16(12)21-17;14-13(15)8-5-6-12-10(7-8)9-3-1-2-4-11(9)16-12;8-7(9)6-4-2-1-3-5-6;7-4-2-1-3-5(8)6(4)9;;/h1-15H;1-10H;1-7,14-15H;1-5,8-9H;1-3H;;/q;;;;;+1;-1. The average Bonchev–Trinajstić information content (AvgIpc) is 4.32. The third-order valence-electron chi connectivity index (χ3n) is 13.1. The molecule has 0 aliphatic carbocycles. The molecule has 11 aromatic carbocycles. The number of hydrogen-bond donors (Lipinski definition) is 4. The van der Waals surface area contributed by atoms with E-state index < -0.39 is 14.2 Å². The quantitative estimate of drug-likeness (QED) is 0.0786. The predicted molar refractivity (Wildman–Crippen MR) is 379 cm³/mol. The average molecular weight is 1590 g/mol. The van der Waals surface area contributed by atoms with Crippen LogP contribution in [0.3, 0.4) is 0 Å². The number of rotatable bonds is 5. The van der Waals surface area contributed by atoms with Crippen molar-refractivity contribution in [3.63, 3.8) is 0 Å². The van der Waals surface area contributed by atoms with E-state index in [4.69, 9.17) is 20.1 Å². The second-order valence-electron chi connectivity index (χ2n) is 18.3. The Kier molecular flexibility index (Phi) is 23.1. The summed E-state index contributed by atoms with van der Waals surface area (Å²) in [5.41, 5.74) is 8.47. The molecule has 0 saturated carbocycles. The minimum absolute atomic E-state index is 0. The van der Waals surface area contributed by atoms with Gasteiger partial charge in [0.2, 0.25) is 0 Å². The van der Waals surface area contributed by atoms with Gasteiger partial charge in [-0.15, -0.1) is 34.0 Å². The summed E-state index contributed by atoms with van der Waals surface area (Å²) in [5.74, 6) is 0. The summed E-state index contributed by atoms with van der Waals surface area (Å²) in [6.45, 7) is 0. The Balaban J connectivity index is 0.000000143. The van der Waals surface area contributed by atoms with Crippen molar-refractivity contribution < 1.29 is 72.9 Å². The molecular formula is C66H45B2Br5IKO4S3. The van der Waals surface area contributed by atoms with Gasteiger partial charge < -0.3 is 21.5 Å². The maximum Gasteiger partial charge on any atom is 1.00 e. The van der Waals surface area contributed by atoms with E-state index in [2.05, 4.69) is 260 Å². The summed E-state index contributed by atoms with van der Waals surface area (Å²) in [7, 11) is -2.74. The van der Waals surface area contributed by atoms with Crippen LogP contribution >= 0.6 is 136 Å². The molecule has 3 aromatic heterocycles. The molecule has 82 heavy (non-hydrogen) atoms. The molecule has 0 radical (unpaired) electrons. The van der Waals surface area contributed by atoms with Gasteiger partial charge in [0.25, 0.3) is 0 Å². The van der Waals surface area contributed by atoms with Gasteiger partial charge in [0.15, 0.2) is 0 Å². The Morgan fingerprint density at radius 2 is 0.659 bits per heavy atom. The molecule has 0 fully saturated rings. The molecule has 0 unspecified atom stereocenters. The van der Waals surface area contributed by atoms with Crippen LogP contribution in [0.25, 0.3) is 93.9 Å². The first-order chi connectivity index (χ1) is 39.3. The largest absolute Gasteiger partial charge is 1.00 e. The van der Waals surface area contributed by atoms with Crippen molar-refractivity contribution in [2.45, 2.75) is 0 Å². The van der Waals surface area contributed by atoms with Gasteiger partial charge in [-0.3, -0.25) is 0 Å². The van der Waals surface area contributed by atoms with Crippen molar-refractivity contribution in [2.75, 3.05) is 0 Å². The van der Waals surface area contributed by atoms with Crippen LogP contribution in [0.5, 0.6) is 0 Å². The third kappa shape index (κ3) is 15.1. The zero-order valence-corrected chi connectivity index (χ0v) is 59.2. The van der Waals surface area contributed by atoms with Crippen LogP contribution in [0.1, 0.15) is 1.43 Å². The topological polar surface area (TPSA) is 80.9 Å². The molecule has 14 rings (SSSR count). The Morgan fingerprint density at radius 3 is 1.10 bits per heavy atom. The Labute approximate surface area is 588 Å². The third-order valence-corrected chi connectivity index (χ3v) is 22.5. The molecule has 16 heteroatoms. The number of benzene rings is 11. The predicted octanol–water partition coefficient (Wildman–Crippen LogP) is 17.4. The second kappa shape index (κ2) is 30.0. The van der Waals surface area contributed by atoms with Crippen LogP contribution in [0, 0.1) is 3.57 Å². The molecule has 4 nitrogen and oxygen atoms in total. The summed E-state index contributed by atoms with van der Waals surface area (Å²) < 4.78 is 14.6. The molecule has 14 aromatic rings. The Morgan fingerprint density at radius 1 is 0.305 bits per heavy atom. The molecule has 4 N–H and O–H groups in total. The molecule has 0 aliphatic heterocycles. The molecule has 0 amide bonds. The van der Waals surface area contributed by atoms with Gasteiger partial charge in [-0.1, -0.05) is 212 Å². The van der Waals surface area contributed by atoms with Crippen molar-refractivity contribution in [1.29, 1.82) is 0 Å². The van der Waals surface area contributed by atoms with E-state index in [1.165, 1.54) is 92.1 Å². The first-order valence-electron chi connectivity index (χ1n) is 25.2. The number of fused-ring (bicyclic) bond motifs is 9. The van der Waals surface area contributed by atoms with Crippen LogP contribution in [0.4, 0.5) is 0 Å². The van der Waals surface area contributed by atoms with Crippen molar-refractivity contribution in [3.05, 3.63) is 269 Å². The van der Waals surface area contributed by atoms with Gasteiger partial charge in [0.1, 0.15) is 0 Å². The fourth-order valence-corrected chi connectivity index (χ4v) is 15.9. The fourth-order valence-electron chi connectivity index (χ4n) is 9.22. The Bertz CT molecular complexity index is 4460. The smallest absolute Gasteiger partial charge is 1.00 e. The van der Waals surface area contributed by atoms with E-state index in [1.807, 2.05) is 77.3 Å². The minimum Gasteiger partial charge on any atom is -1.00 e. The minimum atomic E-state index is -1.40. The fraction of sp³-hybridized carbons (Fsp3) is 0. The van der Waals surface area contributed by atoms with Gasteiger partial charge in [-0.2, -0.15) is 0 Å².